The minimum Gasteiger partial charge on any atom is -0.461 e. The molecule has 2 aromatic rings. The molecule has 14 heavy (non-hydrogen) atoms. The standard InChI is InChI=1S/C12H12O2/c1-3-9-8(2)14-11-7-5-4-6-10(11)12(9)13/h4-7H,3H2,1-2H3. The first kappa shape index (κ1) is 9.00. The van der Waals surface area contributed by atoms with Crippen molar-refractivity contribution in [1.29, 1.82) is 0 Å². The lowest BCUT2D eigenvalue weighted by Gasteiger charge is -2.03. The molecule has 0 saturated carbocycles. The molecule has 72 valence electrons. The first-order valence-corrected chi connectivity index (χ1v) is 4.75. The fourth-order valence-corrected chi connectivity index (χ4v) is 1.70. The highest BCUT2D eigenvalue weighted by Gasteiger charge is 2.08. The molecular formula is C12H12O2. The Morgan fingerprint density at radius 1 is 1.29 bits per heavy atom. The molecular weight excluding hydrogens is 176 g/mol. The lowest BCUT2D eigenvalue weighted by molar-refractivity contribution is 0.555. The summed E-state index contributed by atoms with van der Waals surface area (Å²) in [6.45, 7) is 3.81. The predicted molar refractivity (Wildman–Crippen MR) is 56.6 cm³/mol. The topological polar surface area (TPSA) is 30.2 Å². The normalized spacial score (nSPS) is 10.7. The van der Waals surface area contributed by atoms with Crippen molar-refractivity contribution in [3.63, 3.8) is 0 Å². The second kappa shape index (κ2) is 3.29. The van der Waals surface area contributed by atoms with Crippen molar-refractivity contribution in [1.82, 2.24) is 0 Å². The van der Waals surface area contributed by atoms with Gasteiger partial charge in [0, 0.05) is 5.56 Å². The summed E-state index contributed by atoms with van der Waals surface area (Å²) < 4.78 is 5.56. The highest BCUT2D eigenvalue weighted by Crippen LogP contribution is 2.14. The minimum absolute atomic E-state index is 0.104. The average Bonchev–Trinajstić information content (AvgIpc) is 2.18. The third-order valence-electron chi connectivity index (χ3n) is 2.45. The highest BCUT2D eigenvalue weighted by molar-refractivity contribution is 5.77. The summed E-state index contributed by atoms with van der Waals surface area (Å²) >= 11 is 0. The maximum absolute atomic E-state index is 11.9. The molecule has 0 unspecified atom stereocenters. The summed E-state index contributed by atoms with van der Waals surface area (Å²) in [5.74, 6) is 0.733. The van der Waals surface area contributed by atoms with Crippen molar-refractivity contribution in [2.24, 2.45) is 0 Å². The Hall–Kier alpha value is -1.57. The molecule has 1 aromatic heterocycles. The molecule has 2 rings (SSSR count). The zero-order valence-corrected chi connectivity index (χ0v) is 8.33. The lowest BCUT2D eigenvalue weighted by Crippen LogP contribution is -2.09. The van der Waals surface area contributed by atoms with Crippen LogP contribution >= 0.6 is 0 Å². The van der Waals surface area contributed by atoms with E-state index >= 15 is 0 Å². The van der Waals surface area contributed by atoms with Gasteiger partial charge >= 0.3 is 0 Å². The van der Waals surface area contributed by atoms with E-state index in [0.717, 1.165) is 17.7 Å². The molecule has 0 amide bonds. The molecule has 1 aromatic carbocycles. The number of hydrogen-bond donors (Lipinski definition) is 0. The van der Waals surface area contributed by atoms with Gasteiger partial charge in [0.05, 0.1) is 5.39 Å². The third kappa shape index (κ3) is 1.23. The largest absolute Gasteiger partial charge is 0.461 e. The summed E-state index contributed by atoms with van der Waals surface area (Å²) in [4.78, 5) is 11.9. The third-order valence-corrected chi connectivity index (χ3v) is 2.45. The van der Waals surface area contributed by atoms with Crippen molar-refractivity contribution in [2.45, 2.75) is 20.3 Å². The van der Waals surface area contributed by atoms with Crippen LogP contribution in [0.25, 0.3) is 11.0 Å². The smallest absolute Gasteiger partial charge is 0.196 e. The summed E-state index contributed by atoms with van der Waals surface area (Å²) in [6.07, 6.45) is 0.721. The van der Waals surface area contributed by atoms with E-state index in [1.165, 1.54) is 0 Å². The Morgan fingerprint density at radius 2 is 2.00 bits per heavy atom. The maximum atomic E-state index is 11.9. The van der Waals surface area contributed by atoms with Gasteiger partial charge in [0.15, 0.2) is 5.43 Å². The Labute approximate surface area is 82.2 Å². The summed E-state index contributed by atoms with van der Waals surface area (Å²) in [5.41, 5.74) is 1.56. The van der Waals surface area contributed by atoms with Crippen LogP contribution < -0.4 is 5.43 Å². The monoisotopic (exact) mass is 188 g/mol. The number of aryl methyl sites for hydroxylation is 1. The van der Waals surface area contributed by atoms with Gasteiger partial charge < -0.3 is 4.42 Å². The molecule has 0 radical (unpaired) electrons. The number of benzene rings is 1. The van der Waals surface area contributed by atoms with Crippen LogP contribution in [0.4, 0.5) is 0 Å². The predicted octanol–water partition coefficient (Wildman–Crippen LogP) is 2.66. The zero-order valence-electron chi connectivity index (χ0n) is 8.33. The Balaban J connectivity index is 2.93. The highest BCUT2D eigenvalue weighted by atomic mass is 16.3. The molecule has 0 fully saturated rings. The Kier molecular flexibility index (Phi) is 2.12. The first-order chi connectivity index (χ1) is 6.74. The molecule has 2 heteroatoms. The molecule has 2 nitrogen and oxygen atoms in total. The van der Waals surface area contributed by atoms with E-state index in [2.05, 4.69) is 0 Å². The van der Waals surface area contributed by atoms with Crippen LogP contribution in [0.1, 0.15) is 18.2 Å². The Bertz CT molecular complexity index is 523. The van der Waals surface area contributed by atoms with Crippen molar-refractivity contribution in [2.75, 3.05) is 0 Å². The molecule has 0 atom stereocenters. The van der Waals surface area contributed by atoms with Crippen molar-refractivity contribution in [3.8, 4) is 0 Å². The van der Waals surface area contributed by atoms with Gasteiger partial charge in [-0.1, -0.05) is 19.1 Å². The van der Waals surface area contributed by atoms with Crippen LogP contribution in [0.3, 0.4) is 0 Å². The first-order valence-electron chi connectivity index (χ1n) is 4.75. The molecule has 0 aliphatic carbocycles. The van der Waals surface area contributed by atoms with Crippen LogP contribution in [0.15, 0.2) is 33.5 Å². The number of para-hydroxylation sites is 1. The maximum Gasteiger partial charge on any atom is 0.196 e. The van der Waals surface area contributed by atoms with Crippen LogP contribution in [-0.4, -0.2) is 0 Å². The van der Waals surface area contributed by atoms with E-state index in [1.807, 2.05) is 32.0 Å². The number of rotatable bonds is 1. The average molecular weight is 188 g/mol. The molecule has 0 saturated heterocycles. The molecule has 0 aliphatic heterocycles. The van der Waals surface area contributed by atoms with Gasteiger partial charge in [-0.15, -0.1) is 0 Å². The van der Waals surface area contributed by atoms with E-state index in [9.17, 15) is 4.79 Å². The molecule has 0 spiro atoms. The zero-order chi connectivity index (χ0) is 10.1. The van der Waals surface area contributed by atoms with Gasteiger partial charge in [0.25, 0.3) is 0 Å². The molecule has 0 aliphatic rings. The van der Waals surface area contributed by atoms with Gasteiger partial charge in [-0.3, -0.25) is 4.79 Å². The molecule has 1 heterocycles. The van der Waals surface area contributed by atoms with E-state index in [0.29, 0.717) is 11.0 Å². The van der Waals surface area contributed by atoms with Gasteiger partial charge in [0.2, 0.25) is 0 Å². The van der Waals surface area contributed by atoms with E-state index < -0.39 is 0 Å². The van der Waals surface area contributed by atoms with Gasteiger partial charge in [-0.25, -0.2) is 0 Å². The molecule has 0 bridgehead atoms. The van der Waals surface area contributed by atoms with Crippen molar-refractivity contribution in [3.05, 3.63) is 45.8 Å². The van der Waals surface area contributed by atoms with Gasteiger partial charge in [-0.05, 0) is 25.5 Å². The molecule has 0 N–H and O–H groups in total. The fraction of sp³-hybridized carbons (Fsp3) is 0.250. The summed E-state index contributed by atoms with van der Waals surface area (Å²) in [5, 5.41) is 0.676. The van der Waals surface area contributed by atoms with Crippen molar-refractivity contribution < 1.29 is 4.42 Å². The van der Waals surface area contributed by atoms with Gasteiger partial charge in [0.1, 0.15) is 11.3 Å². The van der Waals surface area contributed by atoms with Crippen LogP contribution in [0, 0.1) is 6.92 Å². The number of hydrogen-bond acceptors (Lipinski definition) is 2. The van der Waals surface area contributed by atoms with Crippen LogP contribution in [0.2, 0.25) is 0 Å². The van der Waals surface area contributed by atoms with Crippen molar-refractivity contribution >= 4 is 11.0 Å². The quantitative estimate of drug-likeness (QED) is 0.688. The lowest BCUT2D eigenvalue weighted by atomic mass is 10.1. The summed E-state index contributed by atoms with van der Waals surface area (Å²) in [6, 6.07) is 7.35. The van der Waals surface area contributed by atoms with E-state index in [4.69, 9.17) is 4.42 Å². The number of fused-ring (bicyclic) bond motifs is 1. The second-order valence-electron chi connectivity index (χ2n) is 3.32. The van der Waals surface area contributed by atoms with Crippen LogP contribution in [-0.2, 0) is 6.42 Å². The Morgan fingerprint density at radius 3 is 2.71 bits per heavy atom. The SMILES string of the molecule is CCc1c(C)oc2ccccc2c1=O. The van der Waals surface area contributed by atoms with Crippen LogP contribution in [0.5, 0.6) is 0 Å². The van der Waals surface area contributed by atoms with E-state index in [1.54, 1.807) is 6.07 Å². The fourth-order valence-electron chi connectivity index (χ4n) is 1.70. The van der Waals surface area contributed by atoms with E-state index in [-0.39, 0.29) is 5.43 Å². The second-order valence-corrected chi connectivity index (χ2v) is 3.32. The minimum atomic E-state index is 0.104. The van der Waals surface area contributed by atoms with Gasteiger partial charge in [-0.2, -0.15) is 0 Å². The summed E-state index contributed by atoms with van der Waals surface area (Å²) in [7, 11) is 0.